The van der Waals surface area contributed by atoms with Crippen LogP contribution < -0.4 is 10.5 Å². The molecule has 0 amide bonds. The Labute approximate surface area is 124 Å². The quantitative estimate of drug-likeness (QED) is 0.262. The largest absolute Gasteiger partial charge is 0.491 e. The minimum absolute atomic E-state index is 0.0846. The normalized spacial score (nSPS) is 16.9. The van der Waals surface area contributed by atoms with Crippen LogP contribution in [0.3, 0.4) is 0 Å². The molecule has 1 aliphatic heterocycles. The van der Waals surface area contributed by atoms with Crippen LogP contribution in [0, 0.1) is 5.92 Å². The highest BCUT2D eigenvalue weighted by molar-refractivity contribution is 5.97. The average molecular weight is 294 g/mol. The summed E-state index contributed by atoms with van der Waals surface area (Å²) in [6.07, 6.45) is 2.16. The second-order valence-electron chi connectivity index (χ2n) is 4.99. The monoisotopic (exact) mass is 294 g/mol. The van der Waals surface area contributed by atoms with Crippen LogP contribution in [0.1, 0.15) is 18.4 Å². The van der Waals surface area contributed by atoms with Crippen LogP contribution in [-0.2, 0) is 9.47 Å². The second-order valence-corrected chi connectivity index (χ2v) is 4.99. The Hall–Kier alpha value is -1.79. The van der Waals surface area contributed by atoms with Crippen molar-refractivity contribution in [3.05, 3.63) is 29.8 Å². The van der Waals surface area contributed by atoms with Gasteiger partial charge in [-0.2, -0.15) is 0 Å². The Kier molecular flexibility index (Phi) is 6.30. The molecule has 1 saturated heterocycles. The summed E-state index contributed by atoms with van der Waals surface area (Å²) in [6.45, 7) is 3.54. The third-order valence-corrected chi connectivity index (χ3v) is 3.45. The van der Waals surface area contributed by atoms with Gasteiger partial charge in [-0.15, -0.1) is 0 Å². The van der Waals surface area contributed by atoms with E-state index >= 15 is 0 Å². The molecule has 0 aromatic heterocycles. The predicted octanol–water partition coefficient (Wildman–Crippen LogP) is 1.60. The fraction of sp³-hybridized carbons (Fsp3) is 0.533. The van der Waals surface area contributed by atoms with Crippen LogP contribution in [0.25, 0.3) is 0 Å². The van der Waals surface area contributed by atoms with Gasteiger partial charge in [0, 0.05) is 25.4 Å². The number of nitrogens with zero attached hydrogens (tertiary/aromatic N) is 1. The van der Waals surface area contributed by atoms with Gasteiger partial charge >= 0.3 is 0 Å². The Balaban J connectivity index is 1.62. The molecule has 116 valence electrons. The van der Waals surface area contributed by atoms with Crippen molar-refractivity contribution in [1.82, 2.24) is 0 Å². The lowest BCUT2D eigenvalue weighted by Gasteiger charge is -2.21. The lowest BCUT2D eigenvalue weighted by molar-refractivity contribution is 0.0139. The fourth-order valence-electron chi connectivity index (χ4n) is 2.16. The molecule has 1 heterocycles. The highest BCUT2D eigenvalue weighted by Crippen LogP contribution is 2.15. The van der Waals surface area contributed by atoms with Crippen molar-refractivity contribution < 1.29 is 19.4 Å². The Morgan fingerprint density at radius 1 is 1.24 bits per heavy atom. The number of rotatable bonds is 7. The number of nitrogens with two attached hydrogens (primary N) is 1. The number of benzene rings is 1. The van der Waals surface area contributed by atoms with Crippen molar-refractivity contribution in [3.63, 3.8) is 0 Å². The van der Waals surface area contributed by atoms with E-state index in [1.807, 2.05) is 0 Å². The summed E-state index contributed by atoms with van der Waals surface area (Å²) < 4.78 is 16.5. The van der Waals surface area contributed by atoms with Gasteiger partial charge in [0.1, 0.15) is 12.4 Å². The highest BCUT2D eigenvalue weighted by Gasteiger charge is 2.13. The summed E-state index contributed by atoms with van der Waals surface area (Å²) in [5.74, 6) is 1.43. The Bertz CT molecular complexity index is 441. The maximum absolute atomic E-state index is 8.57. The first-order valence-corrected chi connectivity index (χ1v) is 7.16. The molecule has 1 aromatic rings. The predicted molar refractivity (Wildman–Crippen MR) is 78.8 cm³/mol. The average Bonchev–Trinajstić information content (AvgIpc) is 2.55. The Morgan fingerprint density at radius 2 is 1.95 bits per heavy atom. The number of hydrogen-bond acceptors (Lipinski definition) is 5. The summed E-state index contributed by atoms with van der Waals surface area (Å²) in [5.41, 5.74) is 6.14. The minimum Gasteiger partial charge on any atom is -0.491 e. The third kappa shape index (κ3) is 5.24. The molecule has 0 radical (unpaired) electrons. The zero-order chi connectivity index (χ0) is 14.9. The molecule has 0 atom stereocenters. The van der Waals surface area contributed by atoms with Gasteiger partial charge in [0.15, 0.2) is 5.84 Å². The molecule has 2 rings (SSSR count). The van der Waals surface area contributed by atoms with Crippen molar-refractivity contribution >= 4 is 5.84 Å². The van der Waals surface area contributed by atoms with Gasteiger partial charge < -0.3 is 25.2 Å². The smallest absolute Gasteiger partial charge is 0.170 e. The van der Waals surface area contributed by atoms with Crippen LogP contribution in [0.2, 0.25) is 0 Å². The van der Waals surface area contributed by atoms with E-state index in [-0.39, 0.29) is 5.84 Å². The molecule has 1 fully saturated rings. The molecule has 0 bridgehead atoms. The zero-order valence-corrected chi connectivity index (χ0v) is 12.0. The maximum atomic E-state index is 8.57. The molecule has 1 aromatic carbocycles. The molecule has 0 saturated carbocycles. The van der Waals surface area contributed by atoms with Gasteiger partial charge in [-0.25, -0.2) is 0 Å². The molecule has 6 nitrogen and oxygen atoms in total. The number of oxime groups is 1. The van der Waals surface area contributed by atoms with Gasteiger partial charge in [-0.05, 0) is 43.0 Å². The van der Waals surface area contributed by atoms with E-state index in [0.29, 0.717) is 24.7 Å². The summed E-state index contributed by atoms with van der Waals surface area (Å²) in [5, 5.41) is 11.5. The lowest BCUT2D eigenvalue weighted by Crippen LogP contribution is -2.21. The molecular weight excluding hydrogens is 272 g/mol. The van der Waals surface area contributed by atoms with Gasteiger partial charge in [0.2, 0.25) is 0 Å². The van der Waals surface area contributed by atoms with Crippen molar-refractivity contribution in [3.8, 4) is 5.75 Å². The number of hydrogen-bond donors (Lipinski definition) is 2. The van der Waals surface area contributed by atoms with Crippen LogP contribution in [-0.4, -0.2) is 44.1 Å². The van der Waals surface area contributed by atoms with Crippen LogP contribution >= 0.6 is 0 Å². The molecule has 0 unspecified atom stereocenters. The van der Waals surface area contributed by atoms with Crippen molar-refractivity contribution in [2.24, 2.45) is 16.8 Å². The lowest BCUT2D eigenvalue weighted by atomic mass is 10.0. The summed E-state index contributed by atoms with van der Waals surface area (Å²) in [7, 11) is 0. The van der Waals surface area contributed by atoms with E-state index in [1.54, 1.807) is 24.3 Å². The topological polar surface area (TPSA) is 86.3 Å². The Morgan fingerprint density at radius 3 is 2.62 bits per heavy atom. The van der Waals surface area contributed by atoms with Gasteiger partial charge in [0.25, 0.3) is 0 Å². The van der Waals surface area contributed by atoms with Crippen LogP contribution in [0.4, 0.5) is 0 Å². The van der Waals surface area contributed by atoms with E-state index < -0.39 is 0 Å². The first-order valence-electron chi connectivity index (χ1n) is 7.16. The van der Waals surface area contributed by atoms with Crippen molar-refractivity contribution in [2.45, 2.75) is 12.8 Å². The van der Waals surface area contributed by atoms with E-state index in [0.717, 1.165) is 38.4 Å². The van der Waals surface area contributed by atoms with Gasteiger partial charge in [-0.1, -0.05) is 5.16 Å². The standard InChI is InChI=1S/C15H22N2O4/c16-15(17-18)13-1-3-14(4-2-13)21-10-9-20-11-12-5-7-19-8-6-12/h1-4,12,18H,5-11H2,(H2,16,17). The SMILES string of the molecule is NC(=NO)c1ccc(OCCOCC2CCOCC2)cc1. The van der Waals surface area contributed by atoms with Crippen molar-refractivity contribution in [1.29, 1.82) is 0 Å². The van der Waals surface area contributed by atoms with Crippen LogP contribution in [0.15, 0.2) is 29.4 Å². The summed E-state index contributed by atoms with van der Waals surface area (Å²) in [4.78, 5) is 0. The number of amidine groups is 1. The first-order chi connectivity index (χ1) is 10.3. The van der Waals surface area contributed by atoms with Gasteiger partial charge in [-0.3, -0.25) is 0 Å². The molecule has 0 aliphatic carbocycles. The van der Waals surface area contributed by atoms with E-state index in [9.17, 15) is 0 Å². The molecule has 21 heavy (non-hydrogen) atoms. The van der Waals surface area contributed by atoms with E-state index in [1.165, 1.54) is 0 Å². The third-order valence-electron chi connectivity index (χ3n) is 3.45. The summed E-state index contributed by atoms with van der Waals surface area (Å²) in [6, 6.07) is 7.05. The molecule has 6 heteroatoms. The van der Waals surface area contributed by atoms with E-state index in [2.05, 4.69) is 5.16 Å². The maximum Gasteiger partial charge on any atom is 0.170 e. The van der Waals surface area contributed by atoms with Crippen LogP contribution in [0.5, 0.6) is 5.75 Å². The molecular formula is C15H22N2O4. The molecule has 0 spiro atoms. The minimum atomic E-state index is 0.0846. The summed E-state index contributed by atoms with van der Waals surface area (Å²) >= 11 is 0. The zero-order valence-electron chi connectivity index (χ0n) is 12.0. The van der Waals surface area contributed by atoms with Crippen molar-refractivity contribution in [2.75, 3.05) is 33.0 Å². The number of ether oxygens (including phenoxy) is 3. The highest BCUT2D eigenvalue weighted by atomic mass is 16.5. The molecule has 1 aliphatic rings. The second kappa shape index (κ2) is 8.49. The van der Waals surface area contributed by atoms with E-state index in [4.69, 9.17) is 25.2 Å². The fourth-order valence-corrected chi connectivity index (χ4v) is 2.16. The first kappa shape index (κ1) is 15.6. The van der Waals surface area contributed by atoms with Gasteiger partial charge in [0.05, 0.1) is 6.61 Å². The molecule has 3 N–H and O–H groups in total.